The van der Waals surface area contributed by atoms with Gasteiger partial charge in [-0.05, 0) is 31.2 Å². The predicted molar refractivity (Wildman–Crippen MR) is 88.7 cm³/mol. The fraction of sp³-hybridized carbons (Fsp3) is 0.118. The summed E-state index contributed by atoms with van der Waals surface area (Å²) in [6.45, 7) is 3.70. The van der Waals surface area contributed by atoms with E-state index in [2.05, 4.69) is 9.71 Å². The molecule has 1 N–H and O–H groups in total. The van der Waals surface area contributed by atoms with Crippen LogP contribution in [0.5, 0.6) is 0 Å². The Balaban J connectivity index is 1.84. The van der Waals surface area contributed by atoms with Gasteiger partial charge in [0.1, 0.15) is 12.0 Å². The number of nitrogens with one attached hydrogen (secondary N) is 1. The van der Waals surface area contributed by atoms with Gasteiger partial charge in [-0.3, -0.25) is 4.72 Å². The number of rotatable bonds is 4. The third-order valence-corrected chi connectivity index (χ3v) is 4.78. The fourth-order valence-corrected chi connectivity index (χ4v) is 3.20. The maximum absolute atomic E-state index is 12.4. The molecule has 1 aromatic heterocycles. The Morgan fingerprint density at radius 1 is 0.957 bits per heavy atom. The summed E-state index contributed by atoms with van der Waals surface area (Å²) in [6.07, 6.45) is 1.55. The van der Waals surface area contributed by atoms with E-state index in [0.29, 0.717) is 17.3 Å². The van der Waals surface area contributed by atoms with Crippen molar-refractivity contribution in [3.8, 4) is 11.3 Å². The monoisotopic (exact) mass is 328 g/mol. The number of nitrogens with zero attached hydrogens (tertiary/aromatic N) is 1. The van der Waals surface area contributed by atoms with Gasteiger partial charge in [-0.2, -0.15) is 0 Å². The van der Waals surface area contributed by atoms with Gasteiger partial charge in [-0.15, -0.1) is 0 Å². The van der Waals surface area contributed by atoms with Crippen LogP contribution in [0.3, 0.4) is 0 Å². The van der Waals surface area contributed by atoms with E-state index in [1.165, 1.54) is 0 Å². The van der Waals surface area contributed by atoms with E-state index in [1.54, 1.807) is 49.6 Å². The molecule has 0 unspecified atom stereocenters. The first-order chi connectivity index (χ1) is 10.9. The third-order valence-electron chi connectivity index (χ3n) is 3.38. The number of hydrogen-bond donors (Lipinski definition) is 1. The quantitative estimate of drug-likeness (QED) is 0.791. The summed E-state index contributed by atoms with van der Waals surface area (Å²) < 4.78 is 32.5. The molecule has 0 radical (unpaired) electrons. The number of sulfonamides is 1. The lowest BCUT2D eigenvalue weighted by Crippen LogP contribution is -2.12. The fourth-order valence-electron chi connectivity index (χ4n) is 2.14. The molecule has 0 saturated carbocycles. The second-order valence-corrected chi connectivity index (χ2v) is 6.93. The Kier molecular flexibility index (Phi) is 3.92. The highest BCUT2D eigenvalue weighted by atomic mass is 32.2. The second-order valence-electron chi connectivity index (χ2n) is 5.25. The molecular formula is C17H16N2O3S. The van der Waals surface area contributed by atoms with Crippen LogP contribution in [0.25, 0.3) is 11.3 Å². The highest BCUT2D eigenvalue weighted by Gasteiger charge is 2.14. The van der Waals surface area contributed by atoms with Crippen molar-refractivity contribution in [3.05, 3.63) is 66.2 Å². The maximum Gasteiger partial charge on any atom is 0.261 e. The van der Waals surface area contributed by atoms with Gasteiger partial charge in [0.25, 0.3) is 10.0 Å². The van der Waals surface area contributed by atoms with E-state index in [4.69, 9.17) is 4.42 Å². The lowest BCUT2D eigenvalue weighted by Gasteiger charge is -2.08. The molecule has 5 nitrogen and oxygen atoms in total. The van der Waals surface area contributed by atoms with Crippen molar-refractivity contribution in [2.24, 2.45) is 0 Å². The van der Waals surface area contributed by atoms with E-state index in [0.717, 1.165) is 11.1 Å². The van der Waals surface area contributed by atoms with Gasteiger partial charge in [-0.1, -0.05) is 29.8 Å². The zero-order chi connectivity index (χ0) is 16.4. The summed E-state index contributed by atoms with van der Waals surface area (Å²) >= 11 is 0. The number of oxazole rings is 1. The van der Waals surface area contributed by atoms with Crippen LogP contribution >= 0.6 is 0 Å². The molecule has 0 amide bonds. The van der Waals surface area contributed by atoms with E-state index >= 15 is 0 Å². The van der Waals surface area contributed by atoms with E-state index in [-0.39, 0.29) is 4.90 Å². The van der Waals surface area contributed by atoms with Crippen molar-refractivity contribution in [3.63, 3.8) is 0 Å². The molecule has 0 aliphatic rings. The first-order valence-electron chi connectivity index (χ1n) is 7.06. The number of aromatic nitrogens is 1. The molecule has 23 heavy (non-hydrogen) atoms. The molecule has 3 aromatic rings. The lowest BCUT2D eigenvalue weighted by atomic mass is 10.2. The Bertz CT molecular complexity index is 911. The second kappa shape index (κ2) is 5.89. The Morgan fingerprint density at radius 3 is 2.17 bits per heavy atom. The van der Waals surface area contributed by atoms with Gasteiger partial charge >= 0.3 is 0 Å². The van der Waals surface area contributed by atoms with Gasteiger partial charge in [-0.25, -0.2) is 13.4 Å². The highest BCUT2D eigenvalue weighted by Crippen LogP contribution is 2.22. The largest absolute Gasteiger partial charge is 0.449 e. The molecule has 0 saturated heterocycles. The molecule has 2 aromatic carbocycles. The van der Waals surface area contributed by atoms with Crippen LogP contribution < -0.4 is 4.72 Å². The Morgan fingerprint density at radius 2 is 1.61 bits per heavy atom. The minimum Gasteiger partial charge on any atom is -0.449 e. The van der Waals surface area contributed by atoms with Crippen LogP contribution in [0, 0.1) is 13.8 Å². The third kappa shape index (κ3) is 3.43. The van der Waals surface area contributed by atoms with Crippen LogP contribution in [-0.2, 0) is 10.0 Å². The minimum absolute atomic E-state index is 0.196. The average Bonchev–Trinajstić information content (AvgIpc) is 2.96. The molecule has 0 spiro atoms. The van der Waals surface area contributed by atoms with E-state index in [9.17, 15) is 8.42 Å². The van der Waals surface area contributed by atoms with E-state index in [1.807, 2.05) is 19.1 Å². The average molecular weight is 328 g/mol. The molecule has 6 heteroatoms. The first kappa shape index (κ1) is 15.3. The molecule has 0 fully saturated rings. The summed E-state index contributed by atoms with van der Waals surface area (Å²) in [5.74, 6) is 0.567. The summed E-state index contributed by atoms with van der Waals surface area (Å²) in [4.78, 5) is 4.41. The van der Waals surface area contributed by atoms with E-state index < -0.39 is 10.0 Å². The van der Waals surface area contributed by atoms with Crippen molar-refractivity contribution >= 4 is 15.7 Å². The molecule has 0 aliphatic carbocycles. The topological polar surface area (TPSA) is 72.2 Å². The Hall–Kier alpha value is -2.60. The highest BCUT2D eigenvalue weighted by molar-refractivity contribution is 7.92. The van der Waals surface area contributed by atoms with Crippen molar-refractivity contribution in [1.29, 1.82) is 0 Å². The summed E-state index contributed by atoms with van der Waals surface area (Å²) in [5.41, 5.74) is 3.08. The Labute approximate surface area is 135 Å². The van der Waals surface area contributed by atoms with Gasteiger partial charge < -0.3 is 4.42 Å². The smallest absolute Gasteiger partial charge is 0.261 e. The molecule has 0 aliphatic heterocycles. The number of benzene rings is 2. The van der Waals surface area contributed by atoms with Gasteiger partial charge in [0.15, 0.2) is 5.89 Å². The molecule has 3 rings (SSSR count). The zero-order valence-corrected chi connectivity index (χ0v) is 13.6. The van der Waals surface area contributed by atoms with Crippen LogP contribution in [0.4, 0.5) is 5.69 Å². The molecule has 0 bridgehead atoms. The van der Waals surface area contributed by atoms with Gasteiger partial charge in [0, 0.05) is 18.2 Å². The van der Waals surface area contributed by atoms with Gasteiger partial charge in [0.05, 0.1) is 4.90 Å². The normalized spacial score (nSPS) is 11.4. The molecule has 1 heterocycles. The van der Waals surface area contributed by atoms with Crippen molar-refractivity contribution in [2.45, 2.75) is 18.7 Å². The molecular weight excluding hydrogens is 312 g/mol. The maximum atomic E-state index is 12.4. The standard InChI is InChI=1S/C17H16N2O3S/c1-12-3-7-15(8-4-12)19-23(20,21)16-9-5-14(6-10-16)17-11-22-13(2)18-17/h3-11,19H,1-2H3. The van der Waals surface area contributed by atoms with Crippen molar-refractivity contribution in [2.75, 3.05) is 4.72 Å². The summed E-state index contributed by atoms with van der Waals surface area (Å²) in [7, 11) is -3.61. The van der Waals surface area contributed by atoms with Crippen LogP contribution in [0.1, 0.15) is 11.5 Å². The van der Waals surface area contributed by atoms with Crippen LogP contribution in [-0.4, -0.2) is 13.4 Å². The van der Waals surface area contributed by atoms with Crippen LogP contribution in [0.2, 0.25) is 0 Å². The molecule has 118 valence electrons. The zero-order valence-electron chi connectivity index (χ0n) is 12.8. The SMILES string of the molecule is Cc1ccc(NS(=O)(=O)c2ccc(-c3coc(C)n3)cc2)cc1. The first-order valence-corrected chi connectivity index (χ1v) is 8.54. The summed E-state index contributed by atoms with van der Waals surface area (Å²) in [6, 6.07) is 13.7. The van der Waals surface area contributed by atoms with Crippen molar-refractivity contribution in [1.82, 2.24) is 4.98 Å². The predicted octanol–water partition coefficient (Wildman–Crippen LogP) is 3.76. The minimum atomic E-state index is -3.61. The summed E-state index contributed by atoms with van der Waals surface area (Å²) in [5, 5.41) is 0. The van der Waals surface area contributed by atoms with Crippen molar-refractivity contribution < 1.29 is 12.8 Å². The number of aryl methyl sites for hydroxylation is 2. The number of anilines is 1. The van der Waals surface area contributed by atoms with Gasteiger partial charge in [0.2, 0.25) is 0 Å². The lowest BCUT2D eigenvalue weighted by molar-refractivity contribution is 0.521. The molecule has 0 atom stereocenters. The number of hydrogen-bond acceptors (Lipinski definition) is 4. The van der Waals surface area contributed by atoms with Crippen LogP contribution in [0.15, 0.2) is 64.1 Å².